The predicted molar refractivity (Wildman–Crippen MR) is 65.2 cm³/mol. The highest BCUT2D eigenvalue weighted by molar-refractivity contribution is 5.16. The molecule has 0 saturated carbocycles. The van der Waals surface area contributed by atoms with E-state index in [1.807, 2.05) is 26.8 Å². The first-order valence-corrected chi connectivity index (χ1v) is 5.93. The molecule has 1 aromatic rings. The Kier molecular flexibility index (Phi) is 5.03. The summed E-state index contributed by atoms with van der Waals surface area (Å²) in [6, 6.07) is 2.00. The van der Waals surface area contributed by atoms with Crippen LogP contribution in [0.15, 0.2) is 16.7 Å². The summed E-state index contributed by atoms with van der Waals surface area (Å²) >= 11 is 0. The van der Waals surface area contributed by atoms with E-state index < -0.39 is 0 Å². The third-order valence-electron chi connectivity index (χ3n) is 2.22. The van der Waals surface area contributed by atoms with Gasteiger partial charge in [-0.2, -0.15) is 0 Å². The Labute approximate surface area is 98.2 Å². The quantitative estimate of drug-likeness (QED) is 0.755. The average molecular weight is 225 g/mol. The summed E-state index contributed by atoms with van der Waals surface area (Å²) in [7, 11) is 0. The Morgan fingerprint density at radius 1 is 1.38 bits per heavy atom. The Morgan fingerprint density at radius 2 is 2.12 bits per heavy atom. The normalized spacial score (nSPS) is 12.0. The maximum Gasteiger partial charge on any atom is 0.133 e. The van der Waals surface area contributed by atoms with Gasteiger partial charge in [0.05, 0.1) is 11.9 Å². The van der Waals surface area contributed by atoms with Gasteiger partial charge < -0.3 is 14.5 Å². The van der Waals surface area contributed by atoms with Crippen LogP contribution in [-0.2, 0) is 17.9 Å². The van der Waals surface area contributed by atoms with Gasteiger partial charge in [0.25, 0.3) is 0 Å². The lowest BCUT2D eigenvalue weighted by molar-refractivity contribution is -0.0228. The number of nitrogens with one attached hydrogen (secondary N) is 1. The molecule has 0 aliphatic heterocycles. The first-order chi connectivity index (χ1) is 7.53. The summed E-state index contributed by atoms with van der Waals surface area (Å²) in [6.45, 7) is 10.7. The van der Waals surface area contributed by atoms with Crippen molar-refractivity contribution in [3.05, 3.63) is 23.7 Å². The van der Waals surface area contributed by atoms with Crippen LogP contribution < -0.4 is 5.32 Å². The average Bonchev–Trinajstić information content (AvgIpc) is 2.62. The summed E-state index contributed by atoms with van der Waals surface area (Å²) in [6.07, 6.45) is 2.87. The molecule has 0 atom stereocenters. The fraction of sp³-hybridized carbons (Fsp3) is 0.692. The van der Waals surface area contributed by atoms with E-state index in [2.05, 4.69) is 12.2 Å². The van der Waals surface area contributed by atoms with Gasteiger partial charge >= 0.3 is 0 Å². The number of hydrogen-bond donors (Lipinski definition) is 1. The Hall–Kier alpha value is -0.800. The van der Waals surface area contributed by atoms with Crippen molar-refractivity contribution in [2.24, 2.45) is 0 Å². The molecular weight excluding hydrogens is 202 g/mol. The SMILES string of the molecule is CCCNCc1ccoc1COC(C)(C)C. The first kappa shape index (κ1) is 13.3. The molecule has 0 aliphatic carbocycles. The van der Waals surface area contributed by atoms with Gasteiger partial charge in [0.15, 0.2) is 0 Å². The number of ether oxygens (including phenoxy) is 1. The minimum absolute atomic E-state index is 0.124. The Morgan fingerprint density at radius 3 is 2.75 bits per heavy atom. The van der Waals surface area contributed by atoms with Crippen LogP contribution in [0.5, 0.6) is 0 Å². The molecule has 3 heteroatoms. The second-order valence-electron chi connectivity index (χ2n) is 4.95. The molecule has 92 valence electrons. The number of rotatable bonds is 6. The highest BCUT2D eigenvalue weighted by atomic mass is 16.5. The molecule has 1 N–H and O–H groups in total. The summed E-state index contributed by atoms with van der Waals surface area (Å²) in [4.78, 5) is 0. The lowest BCUT2D eigenvalue weighted by Crippen LogP contribution is -2.19. The van der Waals surface area contributed by atoms with Crippen LogP contribution in [0.3, 0.4) is 0 Å². The molecule has 1 rings (SSSR count). The van der Waals surface area contributed by atoms with Crippen LogP contribution in [0, 0.1) is 0 Å². The fourth-order valence-corrected chi connectivity index (χ4v) is 1.33. The second kappa shape index (κ2) is 6.06. The highest BCUT2D eigenvalue weighted by Gasteiger charge is 2.13. The molecule has 0 unspecified atom stereocenters. The second-order valence-corrected chi connectivity index (χ2v) is 4.95. The van der Waals surface area contributed by atoms with E-state index in [4.69, 9.17) is 9.15 Å². The van der Waals surface area contributed by atoms with Gasteiger partial charge in [-0.25, -0.2) is 0 Å². The minimum Gasteiger partial charge on any atom is -0.467 e. The number of hydrogen-bond acceptors (Lipinski definition) is 3. The molecule has 0 aliphatic rings. The molecule has 0 aromatic carbocycles. The van der Waals surface area contributed by atoms with Gasteiger partial charge in [-0.15, -0.1) is 0 Å². The van der Waals surface area contributed by atoms with Crippen molar-refractivity contribution in [3.8, 4) is 0 Å². The molecule has 0 amide bonds. The molecule has 0 radical (unpaired) electrons. The van der Waals surface area contributed by atoms with Crippen LogP contribution in [-0.4, -0.2) is 12.1 Å². The van der Waals surface area contributed by atoms with Crippen LogP contribution in [0.4, 0.5) is 0 Å². The third-order valence-corrected chi connectivity index (χ3v) is 2.22. The van der Waals surface area contributed by atoms with Gasteiger partial charge in [0, 0.05) is 12.1 Å². The van der Waals surface area contributed by atoms with E-state index in [0.717, 1.165) is 25.3 Å². The molecule has 0 saturated heterocycles. The predicted octanol–water partition coefficient (Wildman–Crippen LogP) is 3.09. The summed E-state index contributed by atoms with van der Waals surface area (Å²) < 4.78 is 11.1. The van der Waals surface area contributed by atoms with Crippen LogP contribution in [0.25, 0.3) is 0 Å². The molecule has 0 bridgehead atoms. The van der Waals surface area contributed by atoms with Crippen molar-refractivity contribution in [2.45, 2.75) is 52.9 Å². The van der Waals surface area contributed by atoms with Crippen molar-refractivity contribution < 1.29 is 9.15 Å². The van der Waals surface area contributed by atoms with Crippen LogP contribution in [0.2, 0.25) is 0 Å². The van der Waals surface area contributed by atoms with Crippen molar-refractivity contribution >= 4 is 0 Å². The van der Waals surface area contributed by atoms with E-state index in [9.17, 15) is 0 Å². The maximum atomic E-state index is 5.70. The van der Waals surface area contributed by atoms with Gasteiger partial charge in [-0.3, -0.25) is 0 Å². The van der Waals surface area contributed by atoms with Crippen molar-refractivity contribution in [2.75, 3.05) is 6.54 Å². The maximum absolute atomic E-state index is 5.70. The molecule has 3 nitrogen and oxygen atoms in total. The summed E-state index contributed by atoms with van der Waals surface area (Å²) in [5, 5.41) is 3.36. The van der Waals surface area contributed by atoms with E-state index >= 15 is 0 Å². The van der Waals surface area contributed by atoms with E-state index in [-0.39, 0.29) is 5.60 Å². The Bertz CT molecular complexity index is 299. The lowest BCUT2D eigenvalue weighted by atomic mass is 10.2. The molecule has 0 fully saturated rings. The van der Waals surface area contributed by atoms with Crippen molar-refractivity contribution in [1.29, 1.82) is 0 Å². The van der Waals surface area contributed by atoms with Crippen molar-refractivity contribution in [1.82, 2.24) is 5.32 Å². The molecule has 0 spiro atoms. The third kappa shape index (κ3) is 4.81. The molecule has 1 heterocycles. The zero-order valence-corrected chi connectivity index (χ0v) is 10.8. The van der Waals surface area contributed by atoms with Crippen LogP contribution in [0.1, 0.15) is 45.4 Å². The zero-order chi connectivity index (χ0) is 12.0. The molecular formula is C13H23NO2. The van der Waals surface area contributed by atoms with Gasteiger partial charge in [-0.05, 0) is 39.8 Å². The topological polar surface area (TPSA) is 34.4 Å². The minimum atomic E-state index is -0.124. The first-order valence-electron chi connectivity index (χ1n) is 5.93. The monoisotopic (exact) mass is 225 g/mol. The zero-order valence-electron chi connectivity index (χ0n) is 10.8. The summed E-state index contributed by atoms with van der Waals surface area (Å²) in [5.41, 5.74) is 1.07. The molecule has 1 aromatic heterocycles. The van der Waals surface area contributed by atoms with E-state index in [1.54, 1.807) is 6.26 Å². The van der Waals surface area contributed by atoms with Crippen molar-refractivity contribution in [3.63, 3.8) is 0 Å². The van der Waals surface area contributed by atoms with E-state index in [1.165, 1.54) is 5.56 Å². The van der Waals surface area contributed by atoms with Gasteiger partial charge in [0.1, 0.15) is 12.4 Å². The standard InChI is InChI=1S/C13H23NO2/c1-5-7-14-9-11-6-8-15-12(11)10-16-13(2,3)4/h6,8,14H,5,7,9-10H2,1-4H3. The van der Waals surface area contributed by atoms with E-state index in [0.29, 0.717) is 6.61 Å². The van der Waals surface area contributed by atoms with Gasteiger partial charge in [0.2, 0.25) is 0 Å². The fourth-order valence-electron chi connectivity index (χ4n) is 1.33. The van der Waals surface area contributed by atoms with Crippen LogP contribution >= 0.6 is 0 Å². The largest absolute Gasteiger partial charge is 0.467 e. The highest BCUT2D eigenvalue weighted by Crippen LogP contribution is 2.16. The smallest absolute Gasteiger partial charge is 0.133 e. The lowest BCUT2D eigenvalue weighted by Gasteiger charge is -2.19. The summed E-state index contributed by atoms with van der Waals surface area (Å²) in [5.74, 6) is 0.929. The number of furan rings is 1. The molecule has 16 heavy (non-hydrogen) atoms. The van der Waals surface area contributed by atoms with Gasteiger partial charge in [-0.1, -0.05) is 6.92 Å². The Balaban J connectivity index is 2.44.